The number of benzene rings is 2. The van der Waals surface area contributed by atoms with Crippen molar-refractivity contribution in [3.8, 4) is 5.75 Å². The van der Waals surface area contributed by atoms with Crippen molar-refractivity contribution in [1.82, 2.24) is 0 Å². The molecule has 0 fully saturated rings. The van der Waals surface area contributed by atoms with E-state index in [0.717, 1.165) is 11.1 Å². The molecule has 0 spiro atoms. The van der Waals surface area contributed by atoms with Gasteiger partial charge in [-0.1, -0.05) is 47.6 Å². The largest absolute Gasteiger partial charge is 0.508 e. The quantitative estimate of drug-likeness (QED) is 0.484. The normalized spacial score (nSPS) is 11.1. The average molecular weight is 313 g/mol. The minimum Gasteiger partial charge on any atom is -0.508 e. The Kier molecular flexibility index (Phi) is 6.17. The van der Waals surface area contributed by atoms with E-state index in [9.17, 15) is 9.90 Å². The van der Waals surface area contributed by atoms with E-state index in [-0.39, 0.29) is 24.7 Å². The summed E-state index contributed by atoms with van der Waals surface area (Å²) in [6.45, 7) is 0.287. The highest BCUT2D eigenvalue weighted by Crippen LogP contribution is 2.12. The molecule has 0 aromatic heterocycles. The first-order chi connectivity index (χ1) is 11.2. The van der Waals surface area contributed by atoms with E-state index in [1.165, 1.54) is 7.11 Å². The Labute approximate surface area is 135 Å². The molecule has 0 unspecified atom stereocenters. The Balaban J connectivity index is 2.03. The fraction of sp³-hybridized carbons (Fsp3) is 0.222. The Morgan fingerprint density at radius 1 is 1.04 bits per heavy atom. The van der Waals surface area contributed by atoms with Crippen LogP contribution in [0.25, 0.3) is 0 Å². The highest BCUT2D eigenvalue weighted by atomic mass is 16.6. The minimum atomic E-state index is -0.285. The second-order valence-corrected chi connectivity index (χ2v) is 4.92. The molecule has 120 valence electrons. The first-order valence-corrected chi connectivity index (χ1v) is 7.28. The second-order valence-electron chi connectivity index (χ2n) is 4.92. The molecule has 0 saturated carbocycles. The van der Waals surface area contributed by atoms with Gasteiger partial charge in [-0.2, -0.15) is 0 Å². The summed E-state index contributed by atoms with van der Waals surface area (Å²) in [6.07, 6.45) is 0.680. The lowest BCUT2D eigenvalue weighted by atomic mass is 10.1. The van der Waals surface area contributed by atoms with Crippen LogP contribution in [-0.2, 0) is 21.0 Å². The number of hydrogen-bond donors (Lipinski definition) is 1. The Hall–Kier alpha value is -2.82. The zero-order valence-corrected chi connectivity index (χ0v) is 12.9. The topological polar surface area (TPSA) is 68.1 Å². The van der Waals surface area contributed by atoms with Gasteiger partial charge in [-0.05, 0) is 23.3 Å². The number of esters is 1. The van der Waals surface area contributed by atoms with E-state index in [2.05, 4.69) is 9.89 Å². The number of carbonyl (C=O) groups is 1. The maximum absolute atomic E-state index is 11.3. The molecule has 2 aromatic rings. The monoisotopic (exact) mass is 313 g/mol. The molecule has 0 saturated heterocycles. The van der Waals surface area contributed by atoms with Crippen LogP contribution < -0.4 is 0 Å². The highest BCUT2D eigenvalue weighted by molar-refractivity contribution is 6.01. The maximum atomic E-state index is 11.3. The molecule has 2 aromatic carbocycles. The molecule has 0 aliphatic carbocycles. The Morgan fingerprint density at radius 2 is 1.74 bits per heavy atom. The number of aromatic hydroxyl groups is 1. The van der Waals surface area contributed by atoms with Crippen LogP contribution in [-0.4, -0.2) is 23.9 Å². The van der Waals surface area contributed by atoms with E-state index in [1.54, 1.807) is 24.3 Å². The zero-order valence-electron chi connectivity index (χ0n) is 12.9. The lowest BCUT2D eigenvalue weighted by Crippen LogP contribution is -2.08. The first-order valence-electron chi connectivity index (χ1n) is 7.28. The summed E-state index contributed by atoms with van der Waals surface area (Å²) in [5, 5.41) is 13.4. The van der Waals surface area contributed by atoms with Crippen molar-refractivity contribution in [2.24, 2.45) is 5.16 Å². The van der Waals surface area contributed by atoms with Gasteiger partial charge in [0.2, 0.25) is 0 Å². The van der Waals surface area contributed by atoms with E-state index < -0.39 is 0 Å². The predicted octanol–water partition coefficient (Wildman–Crippen LogP) is 3.27. The van der Waals surface area contributed by atoms with E-state index in [4.69, 9.17) is 4.84 Å². The van der Waals surface area contributed by atoms with Gasteiger partial charge in [0, 0.05) is 6.42 Å². The summed E-state index contributed by atoms with van der Waals surface area (Å²) in [7, 11) is 1.36. The standard InChI is InChI=1S/C18H19NO4/c1-22-18(21)12-11-17(15-5-3-2-4-6-15)19-23-13-14-7-9-16(20)10-8-14/h2-10,20H,11-13H2,1H3/b19-17-. The van der Waals surface area contributed by atoms with Crippen molar-refractivity contribution in [2.45, 2.75) is 19.4 Å². The number of methoxy groups -OCH3 is 1. The van der Waals surface area contributed by atoms with Crippen LogP contribution in [0.15, 0.2) is 59.8 Å². The smallest absolute Gasteiger partial charge is 0.305 e. The van der Waals surface area contributed by atoms with Gasteiger partial charge in [0.25, 0.3) is 0 Å². The average Bonchev–Trinajstić information content (AvgIpc) is 2.60. The number of ether oxygens (including phenoxy) is 1. The fourth-order valence-electron chi connectivity index (χ4n) is 1.97. The van der Waals surface area contributed by atoms with Gasteiger partial charge in [0.15, 0.2) is 0 Å². The number of phenolic OH excluding ortho intramolecular Hbond substituents is 1. The van der Waals surface area contributed by atoms with Gasteiger partial charge in [0.05, 0.1) is 19.2 Å². The number of oxime groups is 1. The summed E-state index contributed by atoms with van der Waals surface area (Å²) >= 11 is 0. The number of nitrogens with zero attached hydrogens (tertiary/aromatic N) is 1. The van der Waals surface area contributed by atoms with Gasteiger partial charge in [-0.3, -0.25) is 4.79 Å². The van der Waals surface area contributed by atoms with Crippen molar-refractivity contribution < 1.29 is 19.5 Å². The summed E-state index contributed by atoms with van der Waals surface area (Å²) in [5.41, 5.74) is 2.49. The summed E-state index contributed by atoms with van der Waals surface area (Å²) in [4.78, 5) is 16.7. The fourth-order valence-corrected chi connectivity index (χ4v) is 1.97. The molecule has 1 N–H and O–H groups in total. The molecule has 0 heterocycles. The molecule has 5 nitrogen and oxygen atoms in total. The van der Waals surface area contributed by atoms with Crippen LogP contribution >= 0.6 is 0 Å². The molecule has 0 radical (unpaired) electrons. The number of phenols is 1. The van der Waals surface area contributed by atoms with Crippen molar-refractivity contribution in [1.29, 1.82) is 0 Å². The summed E-state index contributed by atoms with van der Waals surface area (Å²) < 4.78 is 4.66. The van der Waals surface area contributed by atoms with Gasteiger partial charge >= 0.3 is 5.97 Å². The van der Waals surface area contributed by atoms with Gasteiger partial charge in [0.1, 0.15) is 12.4 Å². The molecule has 0 amide bonds. The lowest BCUT2D eigenvalue weighted by Gasteiger charge is -2.07. The van der Waals surface area contributed by atoms with Crippen molar-refractivity contribution in [3.05, 3.63) is 65.7 Å². The molecule has 5 heteroatoms. The van der Waals surface area contributed by atoms with Gasteiger partial charge in [-0.15, -0.1) is 0 Å². The van der Waals surface area contributed by atoms with E-state index in [1.807, 2.05) is 30.3 Å². The summed E-state index contributed by atoms with van der Waals surface area (Å²) in [5.74, 6) is -0.0764. The predicted molar refractivity (Wildman–Crippen MR) is 87.1 cm³/mol. The molecule has 0 aliphatic heterocycles. The van der Waals surface area contributed by atoms with Crippen LogP contribution in [0.2, 0.25) is 0 Å². The third kappa shape index (κ3) is 5.47. The van der Waals surface area contributed by atoms with Gasteiger partial charge < -0.3 is 14.7 Å². The SMILES string of the molecule is COC(=O)CC/C(=N/OCc1ccc(O)cc1)c1ccccc1. The third-order valence-corrected chi connectivity index (χ3v) is 3.24. The molecule has 2 rings (SSSR count). The molecule has 0 atom stereocenters. The Morgan fingerprint density at radius 3 is 2.39 bits per heavy atom. The van der Waals surface area contributed by atoms with Crippen LogP contribution in [0.1, 0.15) is 24.0 Å². The van der Waals surface area contributed by atoms with Crippen LogP contribution in [0.3, 0.4) is 0 Å². The molecular formula is C18H19NO4. The zero-order chi connectivity index (χ0) is 16.5. The third-order valence-electron chi connectivity index (χ3n) is 3.24. The van der Waals surface area contributed by atoms with Crippen molar-refractivity contribution in [2.75, 3.05) is 7.11 Å². The lowest BCUT2D eigenvalue weighted by molar-refractivity contribution is -0.140. The summed E-state index contributed by atoms with van der Waals surface area (Å²) in [6, 6.07) is 16.3. The molecular weight excluding hydrogens is 294 g/mol. The molecule has 23 heavy (non-hydrogen) atoms. The Bertz CT molecular complexity index is 650. The first kappa shape index (κ1) is 16.5. The number of rotatable bonds is 7. The van der Waals surface area contributed by atoms with Crippen LogP contribution in [0.5, 0.6) is 5.75 Å². The van der Waals surface area contributed by atoms with E-state index >= 15 is 0 Å². The van der Waals surface area contributed by atoms with E-state index in [0.29, 0.717) is 12.1 Å². The second kappa shape index (κ2) is 8.58. The van der Waals surface area contributed by atoms with Gasteiger partial charge in [-0.25, -0.2) is 0 Å². The molecule has 0 bridgehead atoms. The number of hydrogen-bond acceptors (Lipinski definition) is 5. The van der Waals surface area contributed by atoms with Crippen LogP contribution in [0.4, 0.5) is 0 Å². The highest BCUT2D eigenvalue weighted by Gasteiger charge is 2.08. The van der Waals surface area contributed by atoms with Crippen molar-refractivity contribution >= 4 is 11.7 Å². The van der Waals surface area contributed by atoms with Crippen LogP contribution in [0, 0.1) is 0 Å². The van der Waals surface area contributed by atoms with Crippen molar-refractivity contribution in [3.63, 3.8) is 0 Å². The number of carbonyl (C=O) groups excluding carboxylic acids is 1. The maximum Gasteiger partial charge on any atom is 0.305 e. The minimum absolute atomic E-state index is 0.209. The molecule has 0 aliphatic rings.